The van der Waals surface area contributed by atoms with Crippen LogP contribution in [-0.4, -0.2) is 22.1 Å². The number of aryl methyl sites for hydroxylation is 1. The van der Waals surface area contributed by atoms with Gasteiger partial charge in [0, 0.05) is 24.0 Å². The number of hydrogen-bond donors (Lipinski definition) is 2. The van der Waals surface area contributed by atoms with E-state index in [1.807, 2.05) is 13.0 Å². The Kier molecular flexibility index (Phi) is 4.96. The zero-order valence-electron chi connectivity index (χ0n) is 9.52. The average molecular weight is 243 g/mol. The number of anilines is 1. The van der Waals surface area contributed by atoms with Crippen molar-refractivity contribution < 1.29 is 0 Å². The van der Waals surface area contributed by atoms with E-state index in [1.54, 1.807) is 6.20 Å². The van der Waals surface area contributed by atoms with Gasteiger partial charge in [-0.05, 0) is 38.7 Å². The molecule has 2 rings (SSSR count). The second-order valence-corrected chi connectivity index (χ2v) is 4.28. The fourth-order valence-corrected chi connectivity index (χ4v) is 1.96. The Balaban J connectivity index is 0.00000128. The van der Waals surface area contributed by atoms with Crippen molar-refractivity contribution in [3.8, 4) is 0 Å². The number of nitrogens with two attached hydrogens (primary N) is 1. The van der Waals surface area contributed by atoms with Crippen LogP contribution in [0.4, 0.5) is 5.95 Å². The highest BCUT2D eigenvalue weighted by molar-refractivity contribution is 5.85. The first-order valence-corrected chi connectivity index (χ1v) is 5.56. The van der Waals surface area contributed by atoms with Crippen molar-refractivity contribution in [1.82, 2.24) is 9.97 Å². The van der Waals surface area contributed by atoms with Gasteiger partial charge in [0.25, 0.3) is 0 Å². The van der Waals surface area contributed by atoms with Crippen LogP contribution in [0.2, 0.25) is 0 Å². The summed E-state index contributed by atoms with van der Waals surface area (Å²) in [5.41, 5.74) is 6.86. The van der Waals surface area contributed by atoms with Crippen LogP contribution in [0.3, 0.4) is 0 Å². The van der Waals surface area contributed by atoms with E-state index in [1.165, 1.54) is 0 Å². The summed E-state index contributed by atoms with van der Waals surface area (Å²) in [7, 11) is 0. The zero-order valence-corrected chi connectivity index (χ0v) is 10.3. The van der Waals surface area contributed by atoms with Crippen LogP contribution in [-0.2, 0) is 0 Å². The molecule has 0 bridgehead atoms. The van der Waals surface area contributed by atoms with Gasteiger partial charge in [0.05, 0.1) is 0 Å². The summed E-state index contributed by atoms with van der Waals surface area (Å²) in [6, 6.07) is 2.79. The molecule has 0 unspecified atom stereocenters. The maximum absolute atomic E-state index is 5.86. The molecule has 0 amide bonds. The molecule has 16 heavy (non-hydrogen) atoms. The van der Waals surface area contributed by atoms with E-state index in [-0.39, 0.29) is 12.4 Å². The highest BCUT2D eigenvalue weighted by Crippen LogP contribution is 2.19. The topological polar surface area (TPSA) is 63.8 Å². The largest absolute Gasteiger partial charge is 0.351 e. The Morgan fingerprint density at radius 1 is 1.31 bits per heavy atom. The summed E-state index contributed by atoms with van der Waals surface area (Å²) < 4.78 is 0. The van der Waals surface area contributed by atoms with E-state index in [9.17, 15) is 0 Å². The lowest BCUT2D eigenvalue weighted by molar-refractivity contribution is 0.410. The minimum absolute atomic E-state index is 0. The van der Waals surface area contributed by atoms with Gasteiger partial charge in [0.1, 0.15) is 0 Å². The van der Waals surface area contributed by atoms with Crippen LogP contribution >= 0.6 is 12.4 Å². The summed E-state index contributed by atoms with van der Waals surface area (Å²) in [6.07, 6.45) is 6.24. The Labute approximate surface area is 102 Å². The number of nitrogens with one attached hydrogen (secondary N) is 1. The maximum atomic E-state index is 5.86. The molecular weight excluding hydrogens is 224 g/mol. The number of nitrogens with zero attached hydrogens (tertiary/aromatic N) is 2. The summed E-state index contributed by atoms with van der Waals surface area (Å²) in [4.78, 5) is 8.53. The van der Waals surface area contributed by atoms with Crippen LogP contribution in [0.5, 0.6) is 0 Å². The number of aromatic nitrogens is 2. The number of halogens is 1. The van der Waals surface area contributed by atoms with Crippen molar-refractivity contribution in [3.05, 3.63) is 18.0 Å². The van der Waals surface area contributed by atoms with Gasteiger partial charge >= 0.3 is 0 Å². The summed E-state index contributed by atoms with van der Waals surface area (Å²) in [6.45, 7) is 1.98. The van der Waals surface area contributed by atoms with E-state index in [4.69, 9.17) is 5.73 Å². The van der Waals surface area contributed by atoms with Crippen LogP contribution < -0.4 is 11.1 Å². The van der Waals surface area contributed by atoms with Gasteiger partial charge in [-0.2, -0.15) is 0 Å². The lowest BCUT2D eigenvalue weighted by atomic mass is 9.92. The van der Waals surface area contributed by atoms with Crippen molar-refractivity contribution in [2.45, 2.75) is 44.7 Å². The molecule has 3 N–H and O–H groups in total. The molecule has 1 heterocycles. The molecule has 1 fully saturated rings. The molecular formula is C11H19ClN4. The normalized spacial score (nSPS) is 24.6. The predicted molar refractivity (Wildman–Crippen MR) is 67.9 cm³/mol. The first-order chi connectivity index (χ1) is 7.24. The molecule has 4 nitrogen and oxygen atoms in total. The van der Waals surface area contributed by atoms with Gasteiger partial charge < -0.3 is 11.1 Å². The molecule has 90 valence electrons. The molecule has 0 radical (unpaired) electrons. The molecule has 0 saturated heterocycles. The predicted octanol–water partition coefficient (Wildman–Crippen LogP) is 1.89. The van der Waals surface area contributed by atoms with Gasteiger partial charge in [-0.25, -0.2) is 9.97 Å². The second-order valence-electron chi connectivity index (χ2n) is 4.28. The minimum Gasteiger partial charge on any atom is -0.351 e. The Bertz CT molecular complexity index is 324. The fraction of sp³-hybridized carbons (Fsp3) is 0.636. The van der Waals surface area contributed by atoms with Crippen LogP contribution in [0.15, 0.2) is 12.3 Å². The highest BCUT2D eigenvalue weighted by Gasteiger charge is 2.18. The standard InChI is InChI=1S/C11H18N4.ClH/c1-8-6-7-13-11(14-8)15-10-4-2-9(12)3-5-10;/h6-7,9-10H,2-5,12H2,1H3,(H,13,14,15);1H. The molecule has 1 aromatic rings. The van der Waals surface area contributed by atoms with Crippen molar-refractivity contribution in [2.24, 2.45) is 5.73 Å². The van der Waals surface area contributed by atoms with Gasteiger partial charge in [-0.15, -0.1) is 12.4 Å². The van der Waals surface area contributed by atoms with Crippen molar-refractivity contribution in [3.63, 3.8) is 0 Å². The highest BCUT2D eigenvalue weighted by atomic mass is 35.5. The summed E-state index contributed by atoms with van der Waals surface area (Å²) >= 11 is 0. The lowest BCUT2D eigenvalue weighted by Gasteiger charge is -2.26. The van der Waals surface area contributed by atoms with E-state index < -0.39 is 0 Å². The molecule has 0 spiro atoms. The molecule has 5 heteroatoms. The fourth-order valence-electron chi connectivity index (χ4n) is 1.96. The lowest BCUT2D eigenvalue weighted by Crippen LogP contribution is -2.33. The molecule has 0 aliphatic heterocycles. The average Bonchev–Trinajstić information content (AvgIpc) is 2.22. The third-order valence-electron chi connectivity index (χ3n) is 2.90. The summed E-state index contributed by atoms with van der Waals surface area (Å²) in [5, 5.41) is 3.36. The van der Waals surface area contributed by atoms with Gasteiger partial charge in [-0.3, -0.25) is 0 Å². The van der Waals surface area contributed by atoms with E-state index >= 15 is 0 Å². The van der Waals surface area contributed by atoms with E-state index in [0.717, 1.165) is 37.3 Å². The van der Waals surface area contributed by atoms with Crippen LogP contribution in [0, 0.1) is 6.92 Å². The van der Waals surface area contributed by atoms with E-state index in [2.05, 4.69) is 15.3 Å². The van der Waals surface area contributed by atoms with Crippen LogP contribution in [0.1, 0.15) is 31.4 Å². The Morgan fingerprint density at radius 2 is 2.00 bits per heavy atom. The van der Waals surface area contributed by atoms with Gasteiger partial charge in [0.2, 0.25) is 5.95 Å². The van der Waals surface area contributed by atoms with Crippen molar-refractivity contribution >= 4 is 18.4 Å². The van der Waals surface area contributed by atoms with Gasteiger partial charge in [-0.1, -0.05) is 0 Å². The zero-order chi connectivity index (χ0) is 10.7. The molecule has 0 atom stereocenters. The van der Waals surface area contributed by atoms with E-state index in [0.29, 0.717) is 12.1 Å². The first kappa shape index (κ1) is 13.2. The van der Waals surface area contributed by atoms with Crippen molar-refractivity contribution in [2.75, 3.05) is 5.32 Å². The van der Waals surface area contributed by atoms with Crippen LogP contribution in [0.25, 0.3) is 0 Å². The Hall–Kier alpha value is -0.870. The number of rotatable bonds is 2. The Morgan fingerprint density at radius 3 is 2.62 bits per heavy atom. The molecule has 1 aliphatic carbocycles. The number of hydrogen-bond acceptors (Lipinski definition) is 4. The minimum atomic E-state index is 0. The van der Waals surface area contributed by atoms with Gasteiger partial charge in [0.15, 0.2) is 0 Å². The smallest absolute Gasteiger partial charge is 0.223 e. The molecule has 1 aliphatic rings. The summed E-state index contributed by atoms with van der Waals surface area (Å²) in [5.74, 6) is 0.746. The first-order valence-electron chi connectivity index (χ1n) is 5.56. The molecule has 1 aromatic heterocycles. The third-order valence-corrected chi connectivity index (χ3v) is 2.90. The molecule has 1 saturated carbocycles. The molecule has 0 aromatic carbocycles. The monoisotopic (exact) mass is 242 g/mol. The quantitative estimate of drug-likeness (QED) is 0.831. The second kappa shape index (κ2) is 6.01. The SMILES string of the molecule is Cc1ccnc(NC2CCC(N)CC2)n1.Cl. The maximum Gasteiger partial charge on any atom is 0.223 e. The third kappa shape index (κ3) is 3.61. The van der Waals surface area contributed by atoms with Crippen molar-refractivity contribution in [1.29, 1.82) is 0 Å².